The number of sulfonamides is 1. The Labute approximate surface area is 122 Å². The predicted molar refractivity (Wildman–Crippen MR) is 81.0 cm³/mol. The van der Waals surface area contributed by atoms with Gasteiger partial charge >= 0.3 is 0 Å². The Bertz CT molecular complexity index is 488. The van der Waals surface area contributed by atoms with Crippen molar-refractivity contribution in [1.29, 1.82) is 0 Å². The van der Waals surface area contributed by atoms with Crippen LogP contribution in [0.2, 0.25) is 0 Å². The van der Waals surface area contributed by atoms with Gasteiger partial charge in [-0.1, -0.05) is 13.3 Å². The fourth-order valence-electron chi connectivity index (χ4n) is 2.36. The molecule has 1 fully saturated rings. The summed E-state index contributed by atoms with van der Waals surface area (Å²) in [4.78, 5) is 0. The highest BCUT2D eigenvalue weighted by molar-refractivity contribution is 7.93. The van der Waals surface area contributed by atoms with E-state index in [1.165, 1.54) is 4.31 Å². The first kappa shape index (κ1) is 17.9. The van der Waals surface area contributed by atoms with Gasteiger partial charge in [0.2, 0.25) is 10.0 Å². The fraction of sp³-hybridized carbons (Fsp3) is 1.00. The van der Waals surface area contributed by atoms with Crippen LogP contribution in [0.5, 0.6) is 0 Å². The van der Waals surface area contributed by atoms with Gasteiger partial charge in [0.25, 0.3) is 0 Å². The van der Waals surface area contributed by atoms with Crippen molar-refractivity contribution in [3.8, 4) is 0 Å². The van der Waals surface area contributed by atoms with Gasteiger partial charge in [0, 0.05) is 25.4 Å². The molecule has 0 aromatic carbocycles. The molecule has 1 saturated heterocycles. The first-order valence-electron chi connectivity index (χ1n) is 7.14. The second-order valence-corrected chi connectivity index (χ2v) is 9.71. The first-order chi connectivity index (χ1) is 9.26. The van der Waals surface area contributed by atoms with Crippen molar-refractivity contribution in [2.24, 2.45) is 0 Å². The second-order valence-electron chi connectivity index (χ2n) is 5.41. The van der Waals surface area contributed by atoms with Gasteiger partial charge in [0.05, 0.1) is 11.5 Å². The third-order valence-corrected chi connectivity index (χ3v) is 6.57. The van der Waals surface area contributed by atoms with E-state index in [2.05, 4.69) is 12.2 Å². The Hall–Kier alpha value is -0.180. The molecule has 0 saturated carbocycles. The molecule has 0 aromatic heterocycles. The molecule has 120 valence electrons. The van der Waals surface area contributed by atoms with Crippen LogP contribution < -0.4 is 5.32 Å². The van der Waals surface area contributed by atoms with Crippen LogP contribution in [0, 0.1) is 0 Å². The zero-order chi connectivity index (χ0) is 15.2. The van der Waals surface area contributed by atoms with E-state index in [1.807, 2.05) is 0 Å². The van der Waals surface area contributed by atoms with Crippen LogP contribution in [0.3, 0.4) is 0 Å². The van der Waals surface area contributed by atoms with Crippen molar-refractivity contribution in [2.45, 2.75) is 38.6 Å². The number of hydrogen-bond donors (Lipinski definition) is 1. The summed E-state index contributed by atoms with van der Waals surface area (Å²) in [6.07, 6.45) is 4.79. The van der Waals surface area contributed by atoms with E-state index in [1.54, 1.807) is 0 Å². The number of nitrogens with zero attached hydrogens (tertiary/aromatic N) is 1. The standard InChI is InChI=1S/C12H26N2O4S2/c1-3-7-13-11-12-6-4-5-8-14(12)20(17,18)10-9-19(2,15)16/h12-13H,3-11H2,1-2H3. The molecule has 1 unspecified atom stereocenters. The SMILES string of the molecule is CCCNCC1CCCCN1S(=O)(=O)CCS(C)(=O)=O. The Kier molecular flexibility index (Phi) is 6.90. The third-order valence-electron chi connectivity index (χ3n) is 3.45. The molecule has 1 aliphatic heterocycles. The number of piperidine rings is 1. The van der Waals surface area contributed by atoms with E-state index in [4.69, 9.17) is 0 Å². The summed E-state index contributed by atoms with van der Waals surface area (Å²) in [6.45, 7) is 4.08. The lowest BCUT2D eigenvalue weighted by Gasteiger charge is -2.34. The molecule has 0 amide bonds. The molecule has 1 atom stereocenters. The van der Waals surface area contributed by atoms with Crippen LogP contribution in [-0.4, -0.2) is 64.6 Å². The monoisotopic (exact) mass is 326 g/mol. The van der Waals surface area contributed by atoms with Crippen LogP contribution in [-0.2, 0) is 19.9 Å². The molecular formula is C12H26N2O4S2. The van der Waals surface area contributed by atoms with E-state index < -0.39 is 19.9 Å². The molecular weight excluding hydrogens is 300 g/mol. The van der Waals surface area contributed by atoms with Gasteiger partial charge in [-0.05, 0) is 25.8 Å². The van der Waals surface area contributed by atoms with Crippen molar-refractivity contribution >= 4 is 19.9 Å². The summed E-state index contributed by atoms with van der Waals surface area (Å²) in [5.74, 6) is -0.614. The van der Waals surface area contributed by atoms with Gasteiger partial charge in [0.15, 0.2) is 0 Å². The molecule has 0 radical (unpaired) electrons. The van der Waals surface area contributed by atoms with E-state index in [9.17, 15) is 16.8 Å². The van der Waals surface area contributed by atoms with E-state index in [0.717, 1.165) is 38.5 Å². The Morgan fingerprint density at radius 1 is 1.15 bits per heavy atom. The molecule has 1 N–H and O–H groups in total. The summed E-state index contributed by atoms with van der Waals surface area (Å²) in [5, 5.41) is 3.25. The van der Waals surface area contributed by atoms with Gasteiger partial charge in [-0.15, -0.1) is 0 Å². The van der Waals surface area contributed by atoms with Gasteiger partial charge in [-0.2, -0.15) is 4.31 Å². The molecule has 0 aromatic rings. The second kappa shape index (κ2) is 7.72. The largest absolute Gasteiger partial charge is 0.315 e. The molecule has 1 heterocycles. The van der Waals surface area contributed by atoms with Crippen molar-refractivity contribution in [3.63, 3.8) is 0 Å². The molecule has 0 spiro atoms. The van der Waals surface area contributed by atoms with Crippen LogP contribution in [0.4, 0.5) is 0 Å². The zero-order valence-corrected chi connectivity index (χ0v) is 14.0. The molecule has 20 heavy (non-hydrogen) atoms. The summed E-state index contributed by atoms with van der Waals surface area (Å²) in [5.41, 5.74) is 0. The molecule has 0 bridgehead atoms. The van der Waals surface area contributed by atoms with Crippen LogP contribution >= 0.6 is 0 Å². The normalized spacial score (nSPS) is 22.0. The summed E-state index contributed by atoms with van der Waals surface area (Å²) < 4.78 is 48.4. The van der Waals surface area contributed by atoms with Crippen molar-refractivity contribution in [2.75, 3.05) is 37.4 Å². The smallest absolute Gasteiger partial charge is 0.215 e. The van der Waals surface area contributed by atoms with Gasteiger partial charge in [-0.25, -0.2) is 16.8 Å². The number of nitrogens with one attached hydrogen (secondary N) is 1. The van der Waals surface area contributed by atoms with Crippen molar-refractivity contribution in [3.05, 3.63) is 0 Å². The molecule has 0 aliphatic carbocycles. The van der Waals surface area contributed by atoms with Crippen LogP contribution in [0.1, 0.15) is 32.6 Å². The van der Waals surface area contributed by atoms with Gasteiger partial charge < -0.3 is 5.32 Å². The summed E-state index contributed by atoms with van der Waals surface area (Å²) in [7, 11) is -6.74. The lowest BCUT2D eigenvalue weighted by molar-refractivity contribution is 0.246. The van der Waals surface area contributed by atoms with Crippen molar-refractivity contribution in [1.82, 2.24) is 9.62 Å². The fourth-order valence-corrected chi connectivity index (χ4v) is 5.69. The predicted octanol–water partition coefficient (Wildman–Crippen LogP) is 0.215. The lowest BCUT2D eigenvalue weighted by atomic mass is 10.1. The quantitative estimate of drug-likeness (QED) is 0.645. The van der Waals surface area contributed by atoms with Crippen LogP contribution in [0.15, 0.2) is 0 Å². The average Bonchev–Trinajstić information content (AvgIpc) is 2.37. The highest BCUT2D eigenvalue weighted by Gasteiger charge is 2.32. The minimum atomic E-state index is -3.49. The Balaban J connectivity index is 2.67. The average molecular weight is 326 g/mol. The third kappa shape index (κ3) is 6.07. The Morgan fingerprint density at radius 2 is 1.85 bits per heavy atom. The van der Waals surface area contributed by atoms with Crippen molar-refractivity contribution < 1.29 is 16.8 Å². The maximum absolute atomic E-state index is 12.3. The number of hydrogen-bond acceptors (Lipinski definition) is 5. The molecule has 1 aliphatic rings. The first-order valence-corrected chi connectivity index (χ1v) is 10.8. The molecule has 6 nitrogen and oxygen atoms in total. The van der Waals surface area contributed by atoms with Gasteiger partial charge in [-0.3, -0.25) is 0 Å². The van der Waals surface area contributed by atoms with E-state index in [0.29, 0.717) is 13.1 Å². The highest BCUT2D eigenvalue weighted by Crippen LogP contribution is 2.20. The maximum Gasteiger partial charge on any atom is 0.215 e. The van der Waals surface area contributed by atoms with E-state index in [-0.39, 0.29) is 17.5 Å². The Morgan fingerprint density at radius 3 is 2.45 bits per heavy atom. The van der Waals surface area contributed by atoms with Crippen LogP contribution in [0.25, 0.3) is 0 Å². The van der Waals surface area contributed by atoms with E-state index >= 15 is 0 Å². The van der Waals surface area contributed by atoms with Gasteiger partial charge in [0.1, 0.15) is 9.84 Å². The maximum atomic E-state index is 12.3. The number of rotatable bonds is 8. The minimum absolute atomic E-state index is 0.0418. The lowest BCUT2D eigenvalue weighted by Crippen LogP contribution is -2.49. The zero-order valence-electron chi connectivity index (χ0n) is 12.3. The number of sulfone groups is 1. The topological polar surface area (TPSA) is 83.6 Å². The minimum Gasteiger partial charge on any atom is -0.315 e. The summed E-state index contributed by atoms with van der Waals surface area (Å²) in [6, 6.07) is -0.0418. The highest BCUT2D eigenvalue weighted by atomic mass is 32.2. The summed E-state index contributed by atoms with van der Waals surface area (Å²) >= 11 is 0. The molecule has 1 rings (SSSR count). The molecule has 8 heteroatoms.